The van der Waals surface area contributed by atoms with Crippen molar-refractivity contribution in [2.75, 3.05) is 6.61 Å². The van der Waals surface area contributed by atoms with Gasteiger partial charge >= 0.3 is 5.88 Å². The van der Waals surface area contributed by atoms with Crippen molar-refractivity contribution in [2.45, 2.75) is 6.92 Å². The Kier molecular flexibility index (Phi) is 3.77. The van der Waals surface area contributed by atoms with Gasteiger partial charge in [0.2, 0.25) is 6.20 Å². The van der Waals surface area contributed by atoms with Crippen molar-refractivity contribution >= 4 is 0 Å². The normalized spacial score (nSPS) is 9.56. The second-order valence-corrected chi connectivity index (χ2v) is 3.52. The van der Waals surface area contributed by atoms with Crippen LogP contribution in [0.5, 0.6) is 11.6 Å². The van der Waals surface area contributed by atoms with Gasteiger partial charge < -0.3 is 4.74 Å². The monoisotopic (exact) mass is 241 g/mol. The minimum Gasteiger partial charge on any atom is -0.402 e. The first-order valence-electron chi connectivity index (χ1n) is 5.65. The molecule has 0 N–H and O–H groups in total. The van der Waals surface area contributed by atoms with Gasteiger partial charge in [-0.05, 0) is 37.3 Å². The van der Waals surface area contributed by atoms with Crippen molar-refractivity contribution in [3.8, 4) is 17.7 Å². The van der Waals surface area contributed by atoms with E-state index in [1.165, 1.54) is 0 Å². The van der Waals surface area contributed by atoms with Crippen molar-refractivity contribution in [1.29, 1.82) is 5.26 Å². The van der Waals surface area contributed by atoms with E-state index in [0.717, 1.165) is 0 Å². The minimum absolute atomic E-state index is 0.554. The zero-order valence-electron chi connectivity index (χ0n) is 10.0. The average Bonchev–Trinajstić information content (AvgIpc) is 2.42. The van der Waals surface area contributed by atoms with Gasteiger partial charge in [0.05, 0.1) is 17.7 Å². The Morgan fingerprint density at radius 2 is 1.94 bits per heavy atom. The van der Waals surface area contributed by atoms with Crippen LogP contribution in [0.25, 0.3) is 0 Å². The van der Waals surface area contributed by atoms with E-state index >= 15 is 0 Å². The number of hydrogen-bond acceptors (Lipinski definition) is 3. The summed E-state index contributed by atoms with van der Waals surface area (Å²) in [5.41, 5.74) is 0.605. The standard InChI is InChI=1S/C14H13N2O2/c1-2-17-16-10-4-3-5-14(16)18-13-8-6-12(11-15)7-9-13/h3-10H,2H2,1H3/q+1. The molecule has 0 bridgehead atoms. The second kappa shape index (κ2) is 5.69. The molecule has 0 radical (unpaired) electrons. The maximum absolute atomic E-state index is 8.72. The first-order valence-corrected chi connectivity index (χ1v) is 5.65. The van der Waals surface area contributed by atoms with Gasteiger partial charge in [-0.2, -0.15) is 5.26 Å². The molecule has 1 heterocycles. The molecule has 4 heteroatoms. The zero-order valence-corrected chi connectivity index (χ0v) is 10.0. The van der Waals surface area contributed by atoms with Crippen molar-refractivity contribution in [2.24, 2.45) is 0 Å². The Bertz CT molecular complexity index is 559. The quantitative estimate of drug-likeness (QED) is 0.770. The fourth-order valence-corrected chi connectivity index (χ4v) is 1.46. The molecule has 0 aliphatic heterocycles. The first-order chi connectivity index (χ1) is 8.83. The minimum atomic E-state index is 0.554. The van der Waals surface area contributed by atoms with Gasteiger partial charge in [-0.15, -0.1) is 0 Å². The Morgan fingerprint density at radius 1 is 1.17 bits per heavy atom. The molecule has 1 aromatic heterocycles. The molecule has 0 fully saturated rings. The van der Waals surface area contributed by atoms with Crippen LogP contribution in [0.3, 0.4) is 0 Å². The molecule has 2 aromatic rings. The van der Waals surface area contributed by atoms with Crippen LogP contribution in [0.4, 0.5) is 0 Å². The second-order valence-electron chi connectivity index (χ2n) is 3.52. The summed E-state index contributed by atoms with van der Waals surface area (Å²) in [7, 11) is 0. The third-order valence-electron chi connectivity index (χ3n) is 2.26. The van der Waals surface area contributed by atoms with Crippen LogP contribution in [-0.2, 0) is 0 Å². The van der Waals surface area contributed by atoms with Crippen molar-refractivity contribution in [3.63, 3.8) is 0 Å². The van der Waals surface area contributed by atoms with Crippen molar-refractivity contribution in [1.82, 2.24) is 0 Å². The summed E-state index contributed by atoms with van der Waals surface area (Å²) in [6.45, 7) is 2.46. The molecule has 0 atom stereocenters. The highest BCUT2D eigenvalue weighted by molar-refractivity contribution is 5.35. The summed E-state index contributed by atoms with van der Waals surface area (Å²) >= 11 is 0. The van der Waals surface area contributed by atoms with Gasteiger partial charge in [-0.3, -0.25) is 4.84 Å². The van der Waals surface area contributed by atoms with E-state index < -0.39 is 0 Å². The van der Waals surface area contributed by atoms with Crippen LogP contribution in [0, 0.1) is 11.3 Å². The Morgan fingerprint density at radius 3 is 2.61 bits per heavy atom. The van der Waals surface area contributed by atoms with Gasteiger partial charge in [0, 0.05) is 10.8 Å². The molecular weight excluding hydrogens is 228 g/mol. The third kappa shape index (κ3) is 2.77. The smallest absolute Gasteiger partial charge is 0.402 e. The van der Waals surface area contributed by atoms with E-state index in [1.54, 1.807) is 35.2 Å². The Balaban J connectivity index is 2.20. The number of pyridine rings is 1. The molecule has 0 saturated carbocycles. The lowest BCUT2D eigenvalue weighted by molar-refractivity contribution is -0.892. The van der Waals surface area contributed by atoms with Gasteiger partial charge in [-0.25, -0.2) is 0 Å². The van der Waals surface area contributed by atoms with Crippen LogP contribution in [0.15, 0.2) is 48.7 Å². The lowest BCUT2D eigenvalue weighted by Crippen LogP contribution is -2.43. The topological polar surface area (TPSA) is 46.1 Å². The molecule has 0 aliphatic rings. The predicted octanol–water partition coefficient (Wildman–Crippen LogP) is 2.09. The highest BCUT2D eigenvalue weighted by Gasteiger charge is 2.13. The molecule has 4 nitrogen and oxygen atoms in total. The molecule has 0 spiro atoms. The Labute approximate surface area is 106 Å². The molecule has 2 rings (SSSR count). The summed E-state index contributed by atoms with van der Waals surface area (Å²) in [6.07, 6.45) is 1.78. The average molecular weight is 241 g/mol. The molecule has 0 aliphatic carbocycles. The highest BCUT2D eigenvalue weighted by Crippen LogP contribution is 2.17. The van der Waals surface area contributed by atoms with E-state index in [-0.39, 0.29) is 0 Å². The number of nitriles is 1. The number of hydrogen-bond donors (Lipinski definition) is 0. The fraction of sp³-hybridized carbons (Fsp3) is 0.143. The first kappa shape index (κ1) is 11.9. The molecule has 0 unspecified atom stereocenters. The van der Waals surface area contributed by atoms with Gasteiger partial charge in [0.15, 0.2) is 6.61 Å². The predicted molar refractivity (Wildman–Crippen MR) is 65.0 cm³/mol. The lowest BCUT2D eigenvalue weighted by atomic mass is 10.2. The zero-order chi connectivity index (χ0) is 12.8. The number of nitrogens with zero attached hydrogens (tertiary/aromatic N) is 2. The van der Waals surface area contributed by atoms with Crippen molar-refractivity contribution < 1.29 is 14.3 Å². The van der Waals surface area contributed by atoms with Crippen LogP contribution < -0.4 is 14.3 Å². The molecule has 18 heavy (non-hydrogen) atoms. The van der Waals surface area contributed by atoms with Gasteiger partial charge in [-0.1, -0.05) is 0 Å². The molecular formula is C14H13N2O2+. The van der Waals surface area contributed by atoms with Crippen LogP contribution >= 0.6 is 0 Å². The van der Waals surface area contributed by atoms with E-state index in [2.05, 4.69) is 6.07 Å². The summed E-state index contributed by atoms with van der Waals surface area (Å²) in [5, 5.41) is 8.72. The van der Waals surface area contributed by atoms with Crippen LogP contribution in [0.1, 0.15) is 12.5 Å². The number of aromatic nitrogens is 1. The molecule has 0 amide bonds. The summed E-state index contributed by atoms with van der Waals surface area (Å²) < 4.78 is 7.26. The molecule has 1 aromatic carbocycles. The third-order valence-corrected chi connectivity index (χ3v) is 2.26. The maximum Gasteiger partial charge on any atom is 0.422 e. The van der Waals surface area contributed by atoms with E-state index in [9.17, 15) is 0 Å². The van der Waals surface area contributed by atoms with E-state index in [1.807, 2.05) is 25.1 Å². The van der Waals surface area contributed by atoms with Gasteiger partial charge in [0.25, 0.3) is 0 Å². The number of rotatable bonds is 4. The van der Waals surface area contributed by atoms with Gasteiger partial charge in [0.1, 0.15) is 5.75 Å². The van der Waals surface area contributed by atoms with Crippen LogP contribution in [0.2, 0.25) is 0 Å². The summed E-state index contributed by atoms with van der Waals surface area (Å²) in [4.78, 5) is 5.39. The molecule has 90 valence electrons. The van der Waals surface area contributed by atoms with E-state index in [0.29, 0.717) is 23.8 Å². The van der Waals surface area contributed by atoms with Crippen molar-refractivity contribution in [3.05, 3.63) is 54.2 Å². The SMILES string of the molecule is CCO[n+]1ccccc1Oc1ccc(C#N)cc1. The van der Waals surface area contributed by atoms with E-state index in [4.69, 9.17) is 14.8 Å². The fourth-order valence-electron chi connectivity index (χ4n) is 1.46. The summed E-state index contributed by atoms with van der Waals surface area (Å²) in [5.74, 6) is 1.25. The Hall–Kier alpha value is -2.54. The summed E-state index contributed by atoms with van der Waals surface area (Å²) in [6, 6.07) is 14.5. The van der Waals surface area contributed by atoms with Crippen LogP contribution in [-0.4, -0.2) is 6.61 Å². The number of ether oxygens (including phenoxy) is 1. The largest absolute Gasteiger partial charge is 0.422 e. The number of benzene rings is 1. The molecule has 0 saturated heterocycles. The highest BCUT2D eigenvalue weighted by atomic mass is 16.7. The maximum atomic E-state index is 8.72. The lowest BCUT2D eigenvalue weighted by Gasteiger charge is -2.03.